The van der Waals surface area contributed by atoms with E-state index < -0.39 is 0 Å². The number of thioether (sulfide) groups is 1. The molecule has 0 unspecified atom stereocenters. The van der Waals surface area contributed by atoms with Crippen LogP contribution in [-0.4, -0.2) is 16.9 Å². The van der Waals surface area contributed by atoms with Crippen molar-refractivity contribution in [1.82, 2.24) is 0 Å². The van der Waals surface area contributed by atoms with Gasteiger partial charge in [-0.3, -0.25) is 4.79 Å². The molecule has 56 valence electrons. The van der Waals surface area contributed by atoms with E-state index >= 15 is 0 Å². The first kappa shape index (κ1) is 12.0. The van der Waals surface area contributed by atoms with E-state index in [2.05, 4.69) is 0 Å². The standard InChI is InChI=1S/C5H11NOS.ClH/c1-3-8-5(7)4(2)6;/h4H,3,6H2,1-2H3;1H/t4-;/m0./s1. The number of hydrogen-bond donors (Lipinski definition) is 1. The Kier molecular flexibility index (Phi) is 8.52. The van der Waals surface area contributed by atoms with E-state index in [1.165, 1.54) is 11.8 Å². The fourth-order valence-corrected chi connectivity index (χ4v) is 0.821. The van der Waals surface area contributed by atoms with E-state index in [0.717, 1.165) is 5.75 Å². The summed E-state index contributed by atoms with van der Waals surface area (Å²) < 4.78 is 0. The molecule has 0 bridgehead atoms. The van der Waals surface area contributed by atoms with Crippen molar-refractivity contribution in [2.75, 3.05) is 5.75 Å². The zero-order valence-corrected chi connectivity index (χ0v) is 7.22. The van der Waals surface area contributed by atoms with Gasteiger partial charge in [-0.2, -0.15) is 0 Å². The van der Waals surface area contributed by atoms with Crippen molar-refractivity contribution in [3.05, 3.63) is 0 Å². The molecule has 0 fully saturated rings. The van der Waals surface area contributed by atoms with Crippen LogP contribution in [0.3, 0.4) is 0 Å². The third-order valence-electron chi connectivity index (χ3n) is 0.658. The molecule has 2 N–H and O–H groups in total. The molecule has 0 aromatic carbocycles. The van der Waals surface area contributed by atoms with Crippen molar-refractivity contribution in [2.24, 2.45) is 5.73 Å². The first-order chi connectivity index (χ1) is 3.68. The highest BCUT2D eigenvalue weighted by molar-refractivity contribution is 8.13. The number of rotatable bonds is 2. The molecule has 2 nitrogen and oxygen atoms in total. The maximum atomic E-state index is 10.6. The molecule has 0 radical (unpaired) electrons. The van der Waals surface area contributed by atoms with Gasteiger partial charge in [0.1, 0.15) is 0 Å². The molecule has 0 aliphatic heterocycles. The summed E-state index contributed by atoms with van der Waals surface area (Å²) in [6.45, 7) is 3.63. The minimum Gasteiger partial charge on any atom is -0.321 e. The monoisotopic (exact) mass is 169 g/mol. The van der Waals surface area contributed by atoms with Crippen molar-refractivity contribution < 1.29 is 4.79 Å². The Labute approximate surface area is 66.0 Å². The van der Waals surface area contributed by atoms with Crippen LogP contribution in [-0.2, 0) is 4.79 Å². The van der Waals surface area contributed by atoms with E-state index in [4.69, 9.17) is 5.73 Å². The van der Waals surface area contributed by atoms with Crippen LogP contribution < -0.4 is 5.73 Å². The Morgan fingerprint density at radius 1 is 1.78 bits per heavy atom. The van der Waals surface area contributed by atoms with Crippen LogP contribution in [0.5, 0.6) is 0 Å². The summed E-state index contributed by atoms with van der Waals surface area (Å²) in [5.74, 6) is 0.820. The molecule has 0 heterocycles. The van der Waals surface area contributed by atoms with Gasteiger partial charge in [-0.05, 0) is 12.7 Å². The molecule has 9 heavy (non-hydrogen) atoms. The molecule has 0 aliphatic carbocycles. The highest BCUT2D eigenvalue weighted by atomic mass is 35.5. The molecule has 0 rings (SSSR count). The fraction of sp³-hybridized carbons (Fsp3) is 0.800. The van der Waals surface area contributed by atoms with E-state index in [9.17, 15) is 4.79 Å². The quantitative estimate of drug-likeness (QED) is 0.672. The maximum Gasteiger partial charge on any atom is 0.205 e. The molecule has 1 atom stereocenters. The number of carbonyl (C=O) groups is 1. The largest absolute Gasteiger partial charge is 0.321 e. The normalized spacial score (nSPS) is 11.9. The summed E-state index contributed by atoms with van der Waals surface area (Å²) in [5.41, 5.74) is 5.25. The van der Waals surface area contributed by atoms with E-state index in [-0.39, 0.29) is 23.6 Å². The number of halogens is 1. The van der Waals surface area contributed by atoms with Crippen molar-refractivity contribution >= 4 is 29.3 Å². The van der Waals surface area contributed by atoms with Gasteiger partial charge < -0.3 is 5.73 Å². The molecule has 0 amide bonds. The topological polar surface area (TPSA) is 43.1 Å². The SMILES string of the molecule is CCSC(=O)[C@H](C)N.Cl. The van der Waals surface area contributed by atoms with E-state index in [1.54, 1.807) is 6.92 Å². The smallest absolute Gasteiger partial charge is 0.205 e. The second kappa shape index (κ2) is 6.39. The highest BCUT2D eigenvalue weighted by Crippen LogP contribution is 2.01. The molecule has 0 saturated carbocycles. The molecular formula is C5H12ClNOS. The lowest BCUT2D eigenvalue weighted by Gasteiger charge is -1.98. The van der Waals surface area contributed by atoms with Gasteiger partial charge in [-0.25, -0.2) is 0 Å². The Balaban J connectivity index is 0. The minimum atomic E-state index is -0.306. The van der Waals surface area contributed by atoms with Crippen molar-refractivity contribution in [2.45, 2.75) is 19.9 Å². The zero-order valence-electron chi connectivity index (χ0n) is 5.59. The predicted octanol–water partition coefficient (Wildman–Crippen LogP) is 1.04. The average Bonchev–Trinajstić information content (AvgIpc) is 1.67. The van der Waals surface area contributed by atoms with E-state index in [0.29, 0.717) is 0 Å². The summed E-state index contributed by atoms with van der Waals surface area (Å²) >= 11 is 1.28. The lowest BCUT2D eigenvalue weighted by atomic mass is 10.4. The molecular weight excluding hydrogens is 158 g/mol. The van der Waals surface area contributed by atoms with Crippen molar-refractivity contribution in [3.63, 3.8) is 0 Å². The van der Waals surface area contributed by atoms with Crippen LogP contribution in [0.25, 0.3) is 0 Å². The van der Waals surface area contributed by atoms with Crippen LogP contribution in [0.1, 0.15) is 13.8 Å². The third kappa shape index (κ3) is 6.15. The van der Waals surface area contributed by atoms with Crippen molar-refractivity contribution in [1.29, 1.82) is 0 Å². The summed E-state index contributed by atoms with van der Waals surface area (Å²) in [5, 5.41) is 0.0764. The van der Waals surface area contributed by atoms with Gasteiger partial charge in [0.25, 0.3) is 0 Å². The Morgan fingerprint density at radius 3 is 2.33 bits per heavy atom. The van der Waals surface area contributed by atoms with Gasteiger partial charge in [0.2, 0.25) is 5.12 Å². The predicted molar refractivity (Wildman–Crippen MR) is 44.0 cm³/mol. The lowest BCUT2D eigenvalue weighted by molar-refractivity contribution is -0.111. The molecule has 4 heteroatoms. The minimum absolute atomic E-state index is 0. The number of nitrogens with two attached hydrogens (primary N) is 1. The first-order valence-electron chi connectivity index (χ1n) is 2.60. The zero-order chi connectivity index (χ0) is 6.57. The van der Waals surface area contributed by atoms with Crippen LogP contribution in [0.2, 0.25) is 0 Å². The lowest BCUT2D eigenvalue weighted by Crippen LogP contribution is -2.23. The molecule has 0 saturated heterocycles. The van der Waals surface area contributed by atoms with Gasteiger partial charge >= 0.3 is 0 Å². The van der Waals surface area contributed by atoms with Gasteiger partial charge in [0.05, 0.1) is 6.04 Å². The second-order valence-corrected chi connectivity index (χ2v) is 2.81. The summed E-state index contributed by atoms with van der Waals surface area (Å²) in [7, 11) is 0. The third-order valence-corrected chi connectivity index (χ3v) is 1.60. The van der Waals surface area contributed by atoms with Crippen LogP contribution in [0, 0.1) is 0 Å². The Morgan fingerprint density at radius 2 is 2.22 bits per heavy atom. The Bertz CT molecular complexity index is 87.0. The second-order valence-electron chi connectivity index (χ2n) is 1.54. The molecule has 0 spiro atoms. The highest BCUT2D eigenvalue weighted by Gasteiger charge is 2.04. The van der Waals surface area contributed by atoms with E-state index in [1.807, 2.05) is 6.92 Å². The molecule has 0 aliphatic rings. The summed E-state index contributed by atoms with van der Waals surface area (Å²) in [6, 6.07) is -0.306. The van der Waals surface area contributed by atoms with Crippen LogP contribution >= 0.6 is 24.2 Å². The Hall–Kier alpha value is 0.270. The number of hydrogen-bond acceptors (Lipinski definition) is 3. The summed E-state index contributed by atoms with van der Waals surface area (Å²) in [4.78, 5) is 10.6. The first-order valence-corrected chi connectivity index (χ1v) is 3.59. The van der Waals surface area contributed by atoms with Gasteiger partial charge in [-0.1, -0.05) is 18.7 Å². The summed E-state index contributed by atoms with van der Waals surface area (Å²) in [6.07, 6.45) is 0. The van der Waals surface area contributed by atoms with Crippen molar-refractivity contribution in [3.8, 4) is 0 Å². The molecule has 0 aromatic rings. The average molecular weight is 170 g/mol. The fourth-order valence-electron chi connectivity index (χ4n) is 0.274. The van der Waals surface area contributed by atoms with Crippen LogP contribution in [0.4, 0.5) is 0 Å². The number of carbonyl (C=O) groups excluding carboxylic acids is 1. The van der Waals surface area contributed by atoms with Crippen LogP contribution in [0.15, 0.2) is 0 Å². The molecule has 0 aromatic heterocycles. The van der Waals surface area contributed by atoms with Gasteiger partial charge in [0, 0.05) is 0 Å². The maximum absolute atomic E-state index is 10.6. The van der Waals surface area contributed by atoms with Gasteiger partial charge in [0.15, 0.2) is 0 Å². The van der Waals surface area contributed by atoms with Gasteiger partial charge in [-0.15, -0.1) is 12.4 Å².